The first-order valence-corrected chi connectivity index (χ1v) is 6.43. The molecule has 0 aliphatic heterocycles. The van der Waals surface area contributed by atoms with Crippen molar-refractivity contribution in [1.82, 2.24) is 10.1 Å². The summed E-state index contributed by atoms with van der Waals surface area (Å²) in [6.07, 6.45) is -0.497. The molecule has 0 aliphatic rings. The summed E-state index contributed by atoms with van der Waals surface area (Å²) < 4.78 is 18.0. The molecule has 0 unspecified atom stereocenters. The van der Waals surface area contributed by atoms with Crippen LogP contribution in [0.3, 0.4) is 0 Å². The molecule has 5 nitrogen and oxygen atoms in total. The first-order valence-electron chi connectivity index (χ1n) is 6.43. The third-order valence-corrected chi connectivity index (χ3v) is 3.29. The van der Waals surface area contributed by atoms with Crippen LogP contribution in [0.25, 0.3) is 0 Å². The molecule has 2 aromatic rings. The van der Waals surface area contributed by atoms with Crippen molar-refractivity contribution in [2.75, 3.05) is 6.54 Å². The van der Waals surface area contributed by atoms with Crippen LogP contribution in [-0.4, -0.2) is 21.8 Å². The lowest BCUT2D eigenvalue weighted by atomic mass is 9.84. The zero-order valence-electron chi connectivity index (χ0n) is 11.5. The van der Waals surface area contributed by atoms with Crippen molar-refractivity contribution in [2.45, 2.75) is 31.8 Å². The van der Waals surface area contributed by atoms with E-state index in [1.807, 2.05) is 13.8 Å². The van der Waals surface area contributed by atoms with Crippen molar-refractivity contribution in [2.24, 2.45) is 5.73 Å². The lowest BCUT2D eigenvalue weighted by molar-refractivity contribution is 0.127. The lowest BCUT2D eigenvalue weighted by Crippen LogP contribution is -2.21. The highest BCUT2D eigenvalue weighted by molar-refractivity contribution is 5.30. The van der Waals surface area contributed by atoms with E-state index in [4.69, 9.17) is 10.3 Å². The van der Waals surface area contributed by atoms with Gasteiger partial charge in [-0.05, 0) is 44.5 Å². The Morgan fingerprint density at radius 2 is 2.00 bits per heavy atom. The molecule has 0 aliphatic carbocycles. The van der Waals surface area contributed by atoms with Gasteiger partial charge in [-0.1, -0.05) is 17.3 Å². The van der Waals surface area contributed by atoms with Crippen LogP contribution in [0.2, 0.25) is 0 Å². The SMILES string of the molecule is CC(C)(c1ccc(F)cc1)c1noc([C@@H](O)CCN)n1. The zero-order valence-corrected chi connectivity index (χ0v) is 11.5. The maximum atomic E-state index is 13.0. The minimum atomic E-state index is -0.856. The fourth-order valence-electron chi connectivity index (χ4n) is 1.90. The lowest BCUT2D eigenvalue weighted by Gasteiger charge is -2.20. The smallest absolute Gasteiger partial charge is 0.255 e. The van der Waals surface area contributed by atoms with E-state index in [1.165, 1.54) is 12.1 Å². The molecule has 1 aromatic carbocycles. The minimum absolute atomic E-state index is 0.153. The monoisotopic (exact) mass is 279 g/mol. The van der Waals surface area contributed by atoms with Crippen LogP contribution in [0.15, 0.2) is 28.8 Å². The Morgan fingerprint density at radius 1 is 1.35 bits per heavy atom. The van der Waals surface area contributed by atoms with Gasteiger partial charge >= 0.3 is 0 Å². The Morgan fingerprint density at radius 3 is 2.60 bits per heavy atom. The predicted molar refractivity (Wildman–Crippen MR) is 71.5 cm³/mol. The van der Waals surface area contributed by atoms with E-state index in [9.17, 15) is 9.50 Å². The maximum absolute atomic E-state index is 13.0. The third-order valence-electron chi connectivity index (χ3n) is 3.29. The second kappa shape index (κ2) is 5.68. The van der Waals surface area contributed by atoms with Gasteiger partial charge < -0.3 is 15.4 Å². The van der Waals surface area contributed by atoms with Crippen molar-refractivity contribution >= 4 is 0 Å². The van der Waals surface area contributed by atoms with E-state index in [0.717, 1.165) is 5.56 Å². The van der Waals surface area contributed by atoms with Gasteiger partial charge in [0.05, 0.1) is 5.41 Å². The topological polar surface area (TPSA) is 85.2 Å². The molecule has 0 bridgehead atoms. The molecule has 0 saturated carbocycles. The standard InChI is InChI=1S/C14H18FN3O2/c1-14(2,9-3-5-10(15)6-4-9)13-17-12(20-18-13)11(19)7-8-16/h3-6,11,19H,7-8,16H2,1-2H3/t11-/m0/s1. The number of nitrogens with zero attached hydrogens (tertiary/aromatic N) is 2. The fraction of sp³-hybridized carbons (Fsp3) is 0.429. The van der Waals surface area contributed by atoms with Crippen LogP contribution in [0.1, 0.15) is 43.7 Å². The average molecular weight is 279 g/mol. The van der Waals surface area contributed by atoms with Crippen LogP contribution < -0.4 is 5.73 Å². The van der Waals surface area contributed by atoms with Gasteiger partial charge in [0.25, 0.3) is 5.89 Å². The summed E-state index contributed by atoms with van der Waals surface area (Å²) in [5, 5.41) is 13.7. The number of benzene rings is 1. The van der Waals surface area contributed by atoms with Crippen LogP contribution >= 0.6 is 0 Å². The number of rotatable bonds is 5. The van der Waals surface area contributed by atoms with Gasteiger partial charge in [-0.25, -0.2) is 4.39 Å². The largest absolute Gasteiger partial charge is 0.383 e. The van der Waals surface area contributed by atoms with Crippen LogP contribution in [0, 0.1) is 5.82 Å². The fourth-order valence-corrected chi connectivity index (χ4v) is 1.90. The Balaban J connectivity index is 2.27. The molecule has 1 atom stereocenters. The van der Waals surface area contributed by atoms with Gasteiger partial charge in [0, 0.05) is 0 Å². The summed E-state index contributed by atoms with van der Waals surface area (Å²) >= 11 is 0. The molecule has 2 rings (SSSR count). The van der Waals surface area contributed by atoms with Gasteiger partial charge in [-0.15, -0.1) is 0 Å². The number of aliphatic hydroxyl groups excluding tert-OH is 1. The molecular weight excluding hydrogens is 261 g/mol. The van der Waals surface area contributed by atoms with Gasteiger partial charge in [0.2, 0.25) is 0 Å². The predicted octanol–water partition coefficient (Wildman–Crippen LogP) is 1.92. The van der Waals surface area contributed by atoms with Crippen molar-refractivity contribution in [1.29, 1.82) is 0 Å². The summed E-state index contributed by atoms with van der Waals surface area (Å²) in [5.74, 6) is 0.299. The van der Waals surface area contributed by atoms with E-state index in [1.54, 1.807) is 12.1 Å². The summed E-state index contributed by atoms with van der Waals surface area (Å²) in [5.41, 5.74) is 5.70. The molecule has 20 heavy (non-hydrogen) atoms. The molecular formula is C14H18FN3O2. The molecule has 1 aromatic heterocycles. The van der Waals surface area contributed by atoms with Gasteiger partial charge in [0.1, 0.15) is 11.9 Å². The highest BCUT2D eigenvalue weighted by atomic mass is 19.1. The molecule has 6 heteroatoms. The summed E-state index contributed by atoms with van der Waals surface area (Å²) in [7, 11) is 0. The van der Waals surface area contributed by atoms with Gasteiger partial charge in [0.15, 0.2) is 5.82 Å². The van der Waals surface area contributed by atoms with E-state index in [0.29, 0.717) is 18.8 Å². The van der Waals surface area contributed by atoms with E-state index >= 15 is 0 Å². The van der Waals surface area contributed by atoms with Crippen LogP contribution in [0.4, 0.5) is 4.39 Å². The van der Waals surface area contributed by atoms with Gasteiger partial charge in [-0.2, -0.15) is 4.98 Å². The van der Waals surface area contributed by atoms with Crippen molar-refractivity contribution in [3.8, 4) is 0 Å². The first kappa shape index (κ1) is 14.6. The van der Waals surface area contributed by atoms with Crippen molar-refractivity contribution in [3.63, 3.8) is 0 Å². The van der Waals surface area contributed by atoms with E-state index < -0.39 is 11.5 Å². The molecule has 1 heterocycles. The second-order valence-corrected chi connectivity index (χ2v) is 5.18. The Labute approximate surface area is 116 Å². The highest BCUT2D eigenvalue weighted by Gasteiger charge is 2.30. The van der Waals surface area contributed by atoms with Crippen molar-refractivity contribution < 1.29 is 14.0 Å². The maximum Gasteiger partial charge on any atom is 0.255 e. The molecule has 0 saturated heterocycles. The third kappa shape index (κ3) is 2.86. The molecule has 3 N–H and O–H groups in total. The number of halogens is 1. The number of aliphatic hydroxyl groups is 1. The quantitative estimate of drug-likeness (QED) is 0.873. The van der Waals surface area contributed by atoms with Crippen LogP contribution in [0.5, 0.6) is 0 Å². The summed E-state index contributed by atoms with van der Waals surface area (Å²) in [6.45, 7) is 4.15. The molecule has 0 amide bonds. The number of hydrogen-bond donors (Lipinski definition) is 2. The normalized spacial score (nSPS) is 13.4. The Kier molecular flexibility index (Phi) is 4.15. The molecule has 108 valence electrons. The minimum Gasteiger partial charge on any atom is -0.383 e. The van der Waals surface area contributed by atoms with E-state index in [2.05, 4.69) is 10.1 Å². The Hall–Kier alpha value is -1.79. The first-order chi connectivity index (χ1) is 9.45. The number of nitrogens with two attached hydrogens (primary N) is 1. The average Bonchev–Trinajstić information content (AvgIpc) is 2.90. The van der Waals surface area contributed by atoms with Gasteiger partial charge in [-0.3, -0.25) is 0 Å². The number of hydrogen-bond acceptors (Lipinski definition) is 5. The van der Waals surface area contributed by atoms with Crippen molar-refractivity contribution in [3.05, 3.63) is 47.4 Å². The Bertz CT molecular complexity index is 566. The summed E-state index contributed by atoms with van der Waals surface area (Å²) in [4.78, 5) is 4.22. The molecule has 0 spiro atoms. The highest BCUT2D eigenvalue weighted by Crippen LogP contribution is 2.30. The summed E-state index contributed by atoms with van der Waals surface area (Å²) in [6, 6.07) is 6.14. The number of aromatic nitrogens is 2. The zero-order chi connectivity index (χ0) is 14.8. The van der Waals surface area contributed by atoms with Crippen LogP contribution in [-0.2, 0) is 5.41 Å². The molecule has 0 fully saturated rings. The second-order valence-electron chi connectivity index (χ2n) is 5.18. The van der Waals surface area contributed by atoms with E-state index in [-0.39, 0.29) is 11.7 Å². The molecule has 0 radical (unpaired) electrons.